The molecule has 0 fully saturated rings. The molecule has 1 atom stereocenters. The highest BCUT2D eigenvalue weighted by Gasteiger charge is 2.31. The van der Waals surface area contributed by atoms with Crippen LogP contribution in [0.3, 0.4) is 0 Å². The van der Waals surface area contributed by atoms with E-state index in [0.717, 1.165) is 0 Å². The molecular weight excluding hydrogens is 295 g/mol. The van der Waals surface area contributed by atoms with Crippen molar-refractivity contribution in [2.45, 2.75) is 18.7 Å². The van der Waals surface area contributed by atoms with Crippen molar-refractivity contribution in [2.75, 3.05) is 6.61 Å². The van der Waals surface area contributed by atoms with Crippen molar-refractivity contribution in [3.8, 4) is 5.75 Å². The molecule has 0 unspecified atom stereocenters. The Balaban J connectivity index is 2.13. The summed E-state index contributed by atoms with van der Waals surface area (Å²) in [5.41, 5.74) is 0.444. The van der Waals surface area contributed by atoms with Gasteiger partial charge in [-0.15, -0.1) is 0 Å². The van der Waals surface area contributed by atoms with Gasteiger partial charge in [0.05, 0.1) is 17.5 Å². The van der Waals surface area contributed by atoms with Crippen LogP contribution in [0.25, 0.3) is 10.9 Å². The van der Waals surface area contributed by atoms with Gasteiger partial charge in [0.1, 0.15) is 17.9 Å². The number of halogens is 4. The highest BCUT2D eigenvalue weighted by Crippen LogP contribution is 2.30. The Morgan fingerprint density at radius 2 is 2.05 bits per heavy atom. The molecule has 0 amide bonds. The van der Waals surface area contributed by atoms with Gasteiger partial charge in [0, 0.05) is 11.6 Å². The van der Waals surface area contributed by atoms with E-state index in [0.29, 0.717) is 15.9 Å². The zero-order valence-electron chi connectivity index (χ0n) is 10.2. The number of fused-ring (bicyclic) bond motifs is 1. The van der Waals surface area contributed by atoms with E-state index in [1.807, 2.05) is 0 Å². The number of hydrogen-bond donors (Lipinski definition) is 1. The first-order valence-electron chi connectivity index (χ1n) is 5.77. The molecule has 1 aromatic carbocycles. The molecule has 0 spiro atoms. The summed E-state index contributed by atoms with van der Waals surface area (Å²) in [7, 11) is 0. The number of aliphatic hydroxyl groups excluding tert-OH is 1. The fraction of sp³-hybridized carbons (Fsp3) is 0.308. The molecule has 108 valence electrons. The second-order valence-electron chi connectivity index (χ2n) is 4.23. The van der Waals surface area contributed by atoms with Crippen LogP contribution in [0.5, 0.6) is 5.75 Å². The number of aliphatic hydroxyl groups is 1. The summed E-state index contributed by atoms with van der Waals surface area (Å²) in [5.74, 6) is 0.284. The SMILES string of the molecule is O[C@@H](COc1ccc(Cl)c2cccnc12)CC(F)(F)F. The normalized spacial score (nSPS) is 13.4. The van der Waals surface area contributed by atoms with Gasteiger partial charge in [-0.05, 0) is 24.3 Å². The summed E-state index contributed by atoms with van der Waals surface area (Å²) >= 11 is 5.99. The first kappa shape index (κ1) is 14.9. The highest BCUT2D eigenvalue weighted by atomic mass is 35.5. The number of pyridine rings is 1. The van der Waals surface area contributed by atoms with Gasteiger partial charge < -0.3 is 9.84 Å². The minimum absolute atomic E-state index is 0.284. The average Bonchev–Trinajstić information content (AvgIpc) is 2.36. The van der Waals surface area contributed by atoms with Crippen LogP contribution in [0.15, 0.2) is 30.5 Å². The summed E-state index contributed by atoms with van der Waals surface area (Å²) in [6, 6.07) is 6.50. The maximum atomic E-state index is 12.1. The molecule has 0 bridgehead atoms. The standard InChI is InChI=1S/C13H11ClF3NO2/c14-10-3-4-11(12-9(10)2-1-5-18-12)20-7-8(19)6-13(15,16)17/h1-5,8,19H,6-7H2/t8-/m1/s1. The number of benzene rings is 1. The van der Waals surface area contributed by atoms with Crippen molar-refractivity contribution < 1.29 is 23.0 Å². The number of ether oxygens (including phenoxy) is 1. The third-order valence-electron chi connectivity index (χ3n) is 2.58. The lowest BCUT2D eigenvalue weighted by Crippen LogP contribution is -2.25. The second-order valence-corrected chi connectivity index (χ2v) is 4.64. The van der Waals surface area contributed by atoms with Crippen molar-refractivity contribution >= 4 is 22.5 Å². The van der Waals surface area contributed by atoms with Gasteiger partial charge in [-0.2, -0.15) is 13.2 Å². The summed E-state index contributed by atoms with van der Waals surface area (Å²) in [5, 5.41) is 10.4. The van der Waals surface area contributed by atoms with Crippen LogP contribution in [0, 0.1) is 0 Å². The Kier molecular flexibility index (Phi) is 4.35. The summed E-state index contributed by atoms with van der Waals surface area (Å²) in [4.78, 5) is 4.08. The summed E-state index contributed by atoms with van der Waals surface area (Å²) in [6.07, 6.45) is -5.84. The fourth-order valence-corrected chi connectivity index (χ4v) is 1.96. The van der Waals surface area contributed by atoms with E-state index in [-0.39, 0.29) is 5.75 Å². The van der Waals surface area contributed by atoms with E-state index in [2.05, 4.69) is 4.98 Å². The molecule has 2 aromatic rings. The molecule has 1 heterocycles. The lowest BCUT2D eigenvalue weighted by molar-refractivity contribution is -0.156. The van der Waals surface area contributed by atoms with E-state index in [9.17, 15) is 18.3 Å². The topological polar surface area (TPSA) is 42.4 Å². The Morgan fingerprint density at radius 1 is 1.30 bits per heavy atom. The molecule has 7 heteroatoms. The van der Waals surface area contributed by atoms with Gasteiger partial charge in [-0.25, -0.2) is 0 Å². The van der Waals surface area contributed by atoms with E-state index in [1.165, 1.54) is 12.3 Å². The van der Waals surface area contributed by atoms with Gasteiger partial charge in [0.15, 0.2) is 0 Å². The largest absolute Gasteiger partial charge is 0.489 e. The molecule has 20 heavy (non-hydrogen) atoms. The molecule has 0 aliphatic carbocycles. The first-order valence-corrected chi connectivity index (χ1v) is 6.15. The summed E-state index contributed by atoms with van der Waals surface area (Å²) in [6.45, 7) is -0.465. The third-order valence-corrected chi connectivity index (χ3v) is 2.91. The van der Waals surface area contributed by atoms with Crippen molar-refractivity contribution in [3.05, 3.63) is 35.5 Å². The molecule has 0 radical (unpaired) electrons. The van der Waals surface area contributed by atoms with Crippen molar-refractivity contribution in [1.82, 2.24) is 4.98 Å². The molecule has 0 saturated heterocycles. The fourth-order valence-electron chi connectivity index (χ4n) is 1.74. The van der Waals surface area contributed by atoms with Gasteiger partial charge in [-0.3, -0.25) is 4.98 Å². The number of hydrogen-bond acceptors (Lipinski definition) is 3. The van der Waals surface area contributed by atoms with E-state index < -0.39 is 25.3 Å². The van der Waals surface area contributed by atoms with Crippen LogP contribution in [0.2, 0.25) is 5.02 Å². The highest BCUT2D eigenvalue weighted by molar-refractivity contribution is 6.35. The molecule has 2 rings (SSSR count). The molecule has 0 aliphatic rings. The van der Waals surface area contributed by atoms with Crippen LogP contribution < -0.4 is 4.74 Å². The summed E-state index contributed by atoms with van der Waals surface area (Å²) < 4.78 is 41.5. The molecule has 1 N–H and O–H groups in total. The van der Waals surface area contributed by atoms with Crippen LogP contribution in [-0.4, -0.2) is 29.0 Å². The predicted molar refractivity (Wildman–Crippen MR) is 68.9 cm³/mol. The van der Waals surface area contributed by atoms with E-state index >= 15 is 0 Å². The quantitative estimate of drug-likeness (QED) is 0.939. The lowest BCUT2D eigenvalue weighted by Gasteiger charge is -2.15. The molecule has 1 aromatic heterocycles. The van der Waals surface area contributed by atoms with Crippen LogP contribution in [0.1, 0.15) is 6.42 Å². The number of nitrogens with zero attached hydrogens (tertiary/aromatic N) is 1. The van der Waals surface area contributed by atoms with Crippen LogP contribution >= 0.6 is 11.6 Å². The zero-order valence-corrected chi connectivity index (χ0v) is 10.9. The molecule has 3 nitrogen and oxygen atoms in total. The van der Waals surface area contributed by atoms with Crippen molar-refractivity contribution in [2.24, 2.45) is 0 Å². The molecule has 0 aliphatic heterocycles. The van der Waals surface area contributed by atoms with Crippen molar-refractivity contribution in [3.63, 3.8) is 0 Å². The molecule has 0 saturated carbocycles. The van der Waals surface area contributed by atoms with E-state index in [4.69, 9.17) is 16.3 Å². The maximum Gasteiger partial charge on any atom is 0.391 e. The molecular formula is C13H11ClF3NO2. The minimum atomic E-state index is -4.43. The van der Waals surface area contributed by atoms with Gasteiger partial charge >= 0.3 is 6.18 Å². The first-order chi connectivity index (χ1) is 9.37. The Labute approximate surface area is 118 Å². The third kappa shape index (κ3) is 3.74. The minimum Gasteiger partial charge on any atom is -0.489 e. The lowest BCUT2D eigenvalue weighted by atomic mass is 10.2. The van der Waals surface area contributed by atoms with Gasteiger partial charge in [0.2, 0.25) is 0 Å². The van der Waals surface area contributed by atoms with Gasteiger partial charge in [-0.1, -0.05) is 11.6 Å². The second kappa shape index (κ2) is 5.85. The Hall–Kier alpha value is -1.53. The van der Waals surface area contributed by atoms with Crippen LogP contribution in [0.4, 0.5) is 13.2 Å². The average molecular weight is 306 g/mol. The van der Waals surface area contributed by atoms with E-state index in [1.54, 1.807) is 18.2 Å². The van der Waals surface area contributed by atoms with Crippen molar-refractivity contribution in [1.29, 1.82) is 0 Å². The maximum absolute atomic E-state index is 12.1. The number of rotatable bonds is 4. The van der Waals surface area contributed by atoms with Gasteiger partial charge in [0.25, 0.3) is 0 Å². The monoisotopic (exact) mass is 305 g/mol. The number of aromatic nitrogens is 1. The smallest absolute Gasteiger partial charge is 0.391 e. The Morgan fingerprint density at radius 3 is 2.75 bits per heavy atom. The number of alkyl halides is 3. The zero-order chi connectivity index (χ0) is 14.8. The Bertz CT molecular complexity index is 604. The predicted octanol–water partition coefficient (Wildman–Crippen LogP) is 3.58. The van der Waals surface area contributed by atoms with Crippen LogP contribution in [-0.2, 0) is 0 Å².